The normalized spacial score (nSPS) is 32.5. The number of ketones is 1. The molecule has 15 heavy (non-hydrogen) atoms. The first-order chi connectivity index (χ1) is 7.25. The maximum Gasteiger partial charge on any atom is 0.167 e. The van der Waals surface area contributed by atoms with Crippen molar-refractivity contribution >= 4 is 17.4 Å². The summed E-state index contributed by atoms with van der Waals surface area (Å²) in [5.41, 5.74) is 0.755. The molecule has 1 saturated carbocycles. The smallest absolute Gasteiger partial charge is 0.167 e. The van der Waals surface area contributed by atoms with E-state index in [4.69, 9.17) is 11.6 Å². The molecule has 1 aliphatic carbocycles. The Hall–Kier alpha value is -0.860. The summed E-state index contributed by atoms with van der Waals surface area (Å²) in [6.07, 6.45) is 1.16. The second-order valence-corrected chi connectivity index (χ2v) is 4.85. The highest BCUT2D eigenvalue weighted by Gasteiger charge is 2.50. The van der Waals surface area contributed by atoms with E-state index < -0.39 is 0 Å². The van der Waals surface area contributed by atoms with Crippen molar-refractivity contribution < 1.29 is 4.79 Å². The number of rotatable bonds is 2. The molecule has 0 radical (unpaired) electrons. The van der Waals surface area contributed by atoms with Crippen molar-refractivity contribution in [3.05, 3.63) is 34.9 Å². The number of halogens is 1. The molecule has 1 aromatic carbocycles. The largest absolute Gasteiger partial charge is 0.313 e. The van der Waals surface area contributed by atoms with Gasteiger partial charge in [0.15, 0.2) is 5.78 Å². The zero-order chi connectivity index (χ0) is 10.4. The number of hydrogen-bond donors (Lipinski definition) is 1. The maximum absolute atomic E-state index is 12.1. The fourth-order valence-electron chi connectivity index (χ4n) is 2.71. The molecule has 1 N–H and O–H groups in total. The number of carbonyl (C=O) groups excluding carboxylic acids is 1. The van der Waals surface area contributed by atoms with E-state index >= 15 is 0 Å². The molecule has 2 heterocycles. The van der Waals surface area contributed by atoms with Gasteiger partial charge >= 0.3 is 0 Å². The summed E-state index contributed by atoms with van der Waals surface area (Å²) in [6.45, 7) is 1.00. The van der Waals surface area contributed by atoms with E-state index in [1.54, 1.807) is 12.1 Å². The fourth-order valence-corrected chi connectivity index (χ4v) is 2.90. The first-order valence-corrected chi connectivity index (χ1v) is 5.66. The molecule has 0 spiro atoms. The Kier molecular flexibility index (Phi) is 2.08. The lowest BCUT2D eigenvalue weighted by atomic mass is 9.70. The van der Waals surface area contributed by atoms with Crippen molar-refractivity contribution in [2.24, 2.45) is 11.8 Å². The molecule has 2 nitrogen and oxygen atoms in total. The minimum Gasteiger partial charge on any atom is -0.313 e. The van der Waals surface area contributed by atoms with Gasteiger partial charge in [-0.05, 0) is 31.0 Å². The number of carbonyl (C=O) groups is 1. The number of hydrogen-bond acceptors (Lipinski definition) is 2. The number of Topliss-reactive ketones (excluding diaryl/α,β-unsaturated/α-hetero) is 1. The Balaban J connectivity index is 1.86. The molecule has 1 aromatic rings. The van der Waals surface area contributed by atoms with Crippen molar-refractivity contribution in [1.82, 2.24) is 5.32 Å². The van der Waals surface area contributed by atoms with Gasteiger partial charge in [0.1, 0.15) is 0 Å². The highest BCUT2D eigenvalue weighted by atomic mass is 35.5. The van der Waals surface area contributed by atoms with Crippen LogP contribution in [-0.4, -0.2) is 18.4 Å². The van der Waals surface area contributed by atoms with Crippen LogP contribution in [0.3, 0.4) is 0 Å². The molecule has 78 valence electrons. The lowest BCUT2D eigenvalue weighted by molar-refractivity contribution is 0.0784. The Morgan fingerprint density at radius 1 is 1.47 bits per heavy atom. The Morgan fingerprint density at radius 3 is 2.93 bits per heavy atom. The lowest BCUT2D eigenvalue weighted by Crippen LogP contribution is -2.42. The van der Waals surface area contributed by atoms with Gasteiger partial charge in [-0.25, -0.2) is 0 Å². The average Bonchev–Trinajstić information content (AvgIpc) is 2.79. The third kappa shape index (κ3) is 1.40. The van der Waals surface area contributed by atoms with Gasteiger partial charge in [-0.3, -0.25) is 4.79 Å². The molecule has 0 amide bonds. The molecule has 3 atom stereocenters. The highest BCUT2D eigenvalue weighted by Crippen LogP contribution is 2.41. The van der Waals surface area contributed by atoms with Gasteiger partial charge in [0, 0.05) is 22.5 Å². The van der Waals surface area contributed by atoms with Crippen LogP contribution in [0.15, 0.2) is 24.3 Å². The predicted octanol–water partition coefficient (Wildman–Crippen LogP) is 2.13. The summed E-state index contributed by atoms with van der Waals surface area (Å²) < 4.78 is 0. The van der Waals surface area contributed by atoms with E-state index in [0.717, 1.165) is 18.5 Å². The molecule has 3 aliphatic rings. The van der Waals surface area contributed by atoms with Crippen LogP contribution in [0.1, 0.15) is 16.8 Å². The zero-order valence-electron chi connectivity index (χ0n) is 8.24. The predicted molar refractivity (Wildman–Crippen MR) is 59.2 cm³/mol. The summed E-state index contributed by atoms with van der Waals surface area (Å²) in [5.74, 6) is 1.01. The first kappa shape index (κ1) is 9.37. The molecule has 3 fully saturated rings. The zero-order valence-corrected chi connectivity index (χ0v) is 9.00. The van der Waals surface area contributed by atoms with E-state index in [0.29, 0.717) is 17.0 Å². The molecule has 2 aliphatic heterocycles. The fraction of sp³-hybridized carbons (Fsp3) is 0.417. The van der Waals surface area contributed by atoms with Gasteiger partial charge in [-0.1, -0.05) is 23.7 Å². The van der Waals surface area contributed by atoms with E-state index in [9.17, 15) is 4.79 Å². The minimum atomic E-state index is 0.198. The van der Waals surface area contributed by atoms with Crippen molar-refractivity contribution in [2.75, 3.05) is 6.54 Å². The van der Waals surface area contributed by atoms with Crippen LogP contribution >= 0.6 is 11.6 Å². The van der Waals surface area contributed by atoms with Crippen molar-refractivity contribution in [3.63, 3.8) is 0 Å². The molecule has 2 saturated heterocycles. The van der Waals surface area contributed by atoms with Gasteiger partial charge in [-0.15, -0.1) is 0 Å². The summed E-state index contributed by atoms with van der Waals surface area (Å²) in [7, 11) is 0. The third-order valence-electron chi connectivity index (χ3n) is 3.55. The molecule has 0 aromatic heterocycles. The van der Waals surface area contributed by atoms with Crippen LogP contribution in [0, 0.1) is 11.8 Å². The quantitative estimate of drug-likeness (QED) is 0.776. The lowest BCUT2D eigenvalue weighted by Gasteiger charge is -2.33. The van der Waals surface area contributed by atoms with E-state index in [-0.39, 0.29) is 11.7 Å². The van der Waals surface area contributed by atoms with Gasteiger partial charge < -0.3 is 5.32 Å². The average molecular weight is 222 g/mol. The summed E-state index contributed by atoms with van der Waals surface area (Å²) in [4.78, 5) is 12.1. The van der Waals surface area contributed by atoms with Crippen molar-refractivity contribution in [2.45, 2.75) is 12.5 Å². The molecule has 2 bridgehead atoms. The second-order valence-electron chi connectivity index (χ2n) is 4.41. The number of benzene rings is 1. The SMILES string of the molecule is O=C(c1cccc(Cl)c1)C1C2CNC1C2. The molecule has 3 unspecified atom stereocenters. The minimum absolute atomic E-state index is 0.198. The maximum atomic E-state index is 12.1. The van der Waals surface area contributed by atoms with Crippen LogP contribution < -0.4 is 5.32 Å². The van der Waals surface area contributed by atoms with Crippen LogP contribution in [0.4, 0.5) is 0 Å². The first-order valence-electron chi connectivity index (χ1n) is 5.29. The van der Waals surface area contributed by atoms with E-state index in [2.05, 4.69) is 5.32 Å². The summed E-state index contributed by atoms with van der Waals surface area (Å²) in [6, 6.07) is 7.67. The topological polar surface area (TPSA) is 29.1 Å². The molecule has 4 rings (SSSR count). The van der Waals surface area contributed by atoms with Gasteiger partial charge in [0.05, 0.1) is 0 Å². The second kappa shape index (κ2) is 3.32. The highest BCUT2D eigenvalue weighted by molar-refractivity contribution is 6.31. The molecular formula is C12H12ClNO. The van der Waals surface area contributed by atoms with Crippen LogP contribution in [0.2, 0.25) is 5.02 Å². The number of nitrogens with one attached hydrogen (secondary N) is 1. The Morgan fingerprint density at radius 2 is 2.33 bits per heavy atom. The van der Waals surface area contributed by atoms with Crippen LogP contribution in [-0.2, 0) is 0 Å². The molecule has 3 heteroatoms. The van der Waals surface area contributed by atoms with Crippen molar-refractivity contribution in [1.29, 1.82) is 0 Å². The van der Waals surface area contributed by atoms with Crippen LogP contribution in [0.5, 0.6) is 0 Å². The summed E-state index contributed by atoms with van der Waals surface area (Å²) in [5, 5.41) is 3.99. The summed E-state index contributed by atoms with van der Waals surface area (Å²) >= 11 is 5.88. The van der Waals surface area contributed by atoms with E-state index in [1.807, 2.05) is 12.1 Å². The van der Waals surface area contributed by atoms with Crippen LogP contribution in [0.25, 0.3) is 0 Å². The van der Waals surface area contributed by atoms with E-state index in [1.165, 1.54) is 0 Å². The standard InChI is InChI=1S/C12H12ClNO/c13-9-3-1-2-7(4-9)12(15)11-8-5-10(11)14-6-8/h1-4,8,10-11,14H,5-6H2. The van der Waals surface area contributed by atoms with Gasteiger partial charge in [-0.2, -0.15) is 0 Å². The Bertz CT molecular complexity index is 404. The molecular weight excluding hydrogens is 210 g/mol. The van der Waals surface area contributed by atoms with Crippen molar-refractivity contribution in [3.8, 4) is 0 Å². The van der Waals surface area contributed by atoms with Gasteiger partial charge in [0.2, 0.25) is 0 Å². The monoisotopic (exact) mass is 221 g/mol. The van der Waals surface area contributed by atoms with Gasteiger partial charge in [0.25, 0.3) is 0 Å². The number of fused-ring (bicyclic) bond motifs is 1. The Labute approximate surface area is 93.6 Å². The third-order valence-corrected chi connectivity index (χ3v) is 3.79.